The van der Waals surface area contributed by atoms with E-state index in [1.54, 1.807) is 21.6 Å². The largest absolute Gasteiger partial charge is 0.504 e. The van der Waals surface area contributed by atoms with Crippen LogP contribution in [-0.4, -0.2) is 20.7 Å². The van der Waals surface area contributed by atoms with Crippen LogP contribution in [0.5, 0.6) is 0 Å². The third-order valence-corrected chi connectivity index (χ3v) is 4.19. The average Bonchev–Trinajstić information content (AvgIpc) is 2.18. The Morgan fingerprint density at radius 3 is 2.29 bits per heavy atom. The molecule has 0 saturated heterocycles. The maximum Gasteiger partial charge on any atom is 0.398 e. The number of carbonyl (C=O) groups excluding carboxylic acids is 1. The summed E-state index contributed by atoms with van der Waals surface area (Å²) < 4.78 is 5.30. The van der Waals surface area contributed by atoms with Gasteiger partial charge in [0, 0.05) is 10.6 Å². The van der Waals surface area contributed by atoms with Gasteiger partial charge >= 0.3 is 6.09 Å². The van der Waals surface area contributed by atoms with Gasteiger partial charge in [0.25, 0.3) is 0 Å². The highest BCUT2D eigenvalue weighted by molar-refractivity contribution is 8.76. The quantitative estimate of drug-likeness (QED) is 0.656. The van der Waals surface area contributed by atoms with E-state index < -0.39 is 8.32 Å². The summed E-state index contributed by atoms with van der Waals surface area (Å²) in [6, 6.07) is 7.71. The van der Waals surface area contributed by atoms with Gasteiger partial charge in [0.05, 0.1) is 0 Å². The van der Waals surface area contributed by atoms with E-state index in [1.807, 2.05) is 50.2 Å². The minimum absolute atomic E-state index is 0.366. The van der Waals surface area contributed by atoms with E-state index >= 15 is 0 Å². The number of anilines is 1. The van der Waals surface area contributed by atoms with E-state index in [9.17, 15) is 4.79 Å². The maximum atomic E-state index is 11.5. The molecule has 6 heteroatoms. The zero-order valence-electron chi connectivity index (χ0n) is 10.4. The van der Waals surface area contributed by atoms with Gasteiger partial charge in [-0.25, -0.2) is 4.79 Å². The highest BCUT2D eigenvalue weighted by atomic mass is 33.1. The molecule has 0 fully saturated rings. The summed E-state index contributed by atoms with van der Waals surface area (Å²) in [6.07, 6.45) is 1.66. The Morgan fingerprint density at radius 1 is 1.24 bits per heavy atom. The predicted molar refractivity (Wildman–Crippen MR) is 79.3 cm³/mol. The molecule has 1 aromatic carbocycles. The van der Waals surface area contributed by atoms with Crippen LogP contribution in [0.3, 0.4) is 0 Å². The minimum Gasteiger partial charge on any atom is -0.504 e. The number of carbonyl (C=O) groups is 1. The van der Waals surface area contributed by atoms with Gasteiger partial charge in [0.2, 0.25) is 8.32 Å². The summed E-state index contributed by atoms with van der Waals surface area (Å²) in [4.78, 5) is 12.7. The molecule has 0 spiro atoms. The van der Waals surface area contributed by atoms with E-state index in [0.717, 1.165) is 5.69 Å². The number of nitrogens with one attached hydrogen (secondary N) is 1. The van der Waals surface area contributed by atoms with Gasteiger partial charge in [0.1, 0.15) is 0 Å². The molecule has 0 bridgehead atoms. The molecule has 0 atom stereocenters. The molecular weight excluding hydrogens is 270 g/mol. The second kappa shape index (κ2) is 6.37. The Balaban J connectivity index is 2.54. The topological polar surface area (TPSA) is 38.3 Å². The average molecular weight is 287 g/mol. The lowest BCUT2D eigenvalue weighted by molar-refractivity contribution is 0.214. The summed E-state index contributed by atoms with van der Waals surface area (Å²) >= 11 is 0. The Labute approximate surface area is 111 Å². The molecular formula is C11H17NO2S2Si. The summed E-state index contributed by atoms with van der Waals surface area (Å²) in [7, 11) is 1.57. The van der Waals surface area contributed by atoms with Gasteiger partial charge in [-0.15, -0.1) is 0 Å². The van der Waals surface area contributed by atoms with Crippen LogP contribution in [0, 0.1) is 0 Å². The van der Waals surface area contributed by atoms with Crippen molar-refractivity contribution in [1.82, 2.24) is 0 Å². The van der Waals surface area contributed by atoms with Crippen LogP contribution in [0.25, 0.3) is 0 Å². The molecule has 3 nitrogen and oxygen atoms in total. The third kappa shape index (κ3) is 6.04. The molecule has 0 heterocycles. The van der Waals surface area contributed by atoms with Crippen molar-refractivity contribution in [3.63, 3.8) is 0 Å². The Hall–Kier alpha value is -0.593. The van der Waals surface area contributed by atoms with E-state index in [0.29, 0.717) is 0 Å². The molecule has 0 saturated carbocycles. The third-order valence-electron chi connectivity index (χ3n) is 1.68. The summed E-state index contributed by atoms with van der Waals surface area (Å²) in [5, 5.41) is 2.73. The van der Waals surface area contributed by atoms with Crippen molar-refractivity contribution in [2.45, 2.75) is 24.5 Å². The van der Waals surface area contributed by atoms with Gasteiger partial charge < -0.3 is 4.43 Å². The zero-order valence-corrected chi connectivity index (χ0v) is 13.1. The van der Waals surface area contributed by atoms with Crippen molar-refractivity contribution >= 4 is 41.7 Å². The molecule has 1 N–H and O–H groups in total. The molecule has 0 aliphatic carbocycles. The van der Waals surface area contributed by atoms with Crippen molar-refractivity contribution < 1.29 is 9.22 Å². The molecule has 17 heavy (non-hydrogen) atoms. The Morgan fingerprint density at radius 2 is 1.82 bits per heavy atom. The lowest BCUT2D eigenvalue weighted by Crippen LogP contribution is -2.31. The fourth-order valence-electron chi connectivity index (χ4n) is 1.11. The first kappa shape index (κ1) is 14.5. The molecule has 1 amide bonds. The van der Waals surface area contributed by atoms with Crippen LogP contribution in [-0.2, 0) is 4.43 Å². The summed E-state index contributed by atoms with van der Waals surface area (Å²) in [6.45, 7) is 5.93. The first-order valence-electron chi connectivity index (χ1n) is 5.21. The highest BCUT2D eigenvalue weighted by Crippen LogP contribution is 2.29. The van der Waals surface area contributed by atoms with Crippen LogP contribution in [0.1, 0.15) is 0 Å². The normalized spacial score (nSPS) is 11.1. The maximum absolute atomic E-state index is 11.5. The molecule has 94 valence electrons. The fourth-order valence-corrected chi connectivity index (χ4v) is 3.07. The summed E-state index contributed by atoms with van der Waals surface area (Å²) in [5.74, 6) is 0. The second-order valence-corrected chi connectivity index (χ2v) is 11.3. The van der Waals surface area contributed by atoms with Crippen molar-refractivity contribution in [3.05, 3.63) is 24.3 Å². The molecule has 1 aromatic rings. The minimum atomic E-state index is -1.82. The van der Waals surface area contributed by atoms with E-state index in [1.165, 1.54) is 4.90 Å². The lowest BCUT2D eigenvalue weighted by atomic mass is 10.3. The SMILES string of the molecule is CSSc1ccc(NC(=O)O[Si](C)(C)C)cc1. The Kier molecular flexibility index (Phi) is 5.42. The number of amides is 1. The van der Waals surface area contributed by atoms with E-state index in [4.69, 9.17) is 4.43 Å². The molecule has 0 aliphatic heterocycles. The monoisotopic (exact) mass is 287 g/mol. The van der Waals surface area contributed by atoms with E-state index in [2.05, 4.69) is 5.32 Å². The smallest absolute Gasteiger partial charge is 0.398 e. The lowest BCUT2D eigenvalue weighted by Gasteiger charge is -2.17. The standard InChI is InChI=1S/C11H17NO2S2Si/c1-15-16-10-7-5-9(6-8-10)12-11(13)14-17(2,3)4/h5-8H,1-4H3,(H,12,13). The van der Waals surface area contributed by atoms with Crippen molar-refractivity contribution in [2.75, 3.05) is 11.6 Å². The number of hydrogen-bond acceptors (Lipinski definition) is 4. The van der Waals surface area contributed by atoms with Crippen molar-refractivity contribution in [1.29, 1.82) is 0 Å². The van der Waals surface area contributed by atoms with Gasteiger partial charge in [-0.1, -0.05) is 21.6 Å². The van der Waals surface area contributed by atoms with Crippen LogP contribution in [0.4, 0.5) is 10.5 Å². The molecule has 0 unspecified atom stereocenters. The molecule has 0 aliphatic rings. The fraction of sp³-hybridized carbons (Fsp3) is 0.364. The highest BCUT2D eigenvalue weighted by Gasteiger charge is 2.19. The number of rotatable bonds is 4. The molecule has 0 radical (unpaired) electrons. The van der Waals surface area contributed by atoms with Crippen LogP contribution >= 0.6 is 21.6 Å². The van der Waals surface area contributed by atoms with Crippen LogP contribution in [0.15, 0.2) is 29.2 Å². The zero-order chi connectivity index (χ0) is 12.9. The first-order chi connectivity index (χ1) is 7.90. The molecule has 0 aromatic heterocycles. The van der Waals surface area contributed by atoms with Gasteiger partial charge in [-0.05, 0) is 50.2 Å². The van der Waals surface area contributed by atoms with Gasteiger partial charge in [0.15, 0.2) is 0 Å². The van der Waals surface area contributed by atoms with Gasteiger partial charge in [-0.3, -0.25) is 5.32 Å². The predicted octanol–water partition coefficient (Wildman–Crippen LogP) is 4.44. The van der Waals surface area contributed by atoms with Crippen molar-refractivity contribution in [3.8, 4) is 0 Å². The van der Waals surface area contributed by atoms with Crippen LogP contribution in [0.2, 0.25) is 19.6 Å². The van der Waals surface area contributed by atoms with E-state index in [-0.39, 0.29) is 6.09 Å². The number of benzene rings is 1. The van der Waals surface area contributed by atoms with Crippen molar-refractivity contribution in [2.24, 2.45) is 0 Å². The summed E-state index contributed by atoms with van der Waals surface area (Å²) in [5.41, 5.74) is 0.763. The number of hydrogen-bond donors (Lipinski definition) is 1. The Bertz CT molecular complexity index is 376. The van der Waals surface area contributed by atoms with Gasteiger partial charge in [-0.2, -0.15) is 0 Å². The van der Waals surface area contributed by atoms with Crippen LogP contribution < -0.4 is 5.32 Å². The molecule has 1 rings (SSSR count). The first-order valence-corrected chi connectivity index (χ1v) is 11.2. The second-order valence-electron chi connectivity index (χ2n) is 4.40.